The monoisotopic (exact) mass is 250 g/mol. The first kappa shape index (κ1) is 11.8. The Morgan fingerprint density at radius 1 is 1.35 bits per heavy atom. The molecule has 0 radical (unpaired) electrons. The molecule has 0 unspecified atom stereocenters. The summed E-state index contributed by atoms with van der Waals surface area (Å²) in [4.78, 5) is 4.25. The molecule has 5 heteroatoms. The van der Waals surface area contributed by atoms with Crippen molar-refractivity contribution in [1.29, 1.82) is 0 Å². The van der Waals surface area contributed by atoms with Crippen LogP contribution in [0.2, 0.25) is 0 Å². The number of methoxy groups -OCH3 is 1. The van der Waals surface area contributed by atoms with Crippen molar-refractivity contribution in [2.24, 2.45) is 10.7 Å². The van der Waals surface area contributed by atoms with E-state index in [1.807, 2.05) is 12.1 Å². The fraction of sp³-hybridized carbons (Fsp3) is 0.250. The Kier molecular flexibility index (Phi) is 2.98. The normalized spacial score (nSPS) is 13.8. The Hall–Kier alpha value is -1.68. The van der Waals surface area contributed by atoms with Crippen molar-refractivity contribution < 1.29 is 17.1 Å². The lowest BCUT2D eigenvalue weighted by Gasteiger charge is -2.13. The summed E-state index contributed by atoms with van der Waals surface area (Å²) in [5.41, 5.74) is 8.08. The maximum atomic E-state index is 5.88. The first-order chi connectivity index (χ1) is 7.79. The van der Waals surface area contributed by atoms with Crippen LogP contribution in [-0.4, -0.2) is 24.1 Å². The van der Waals surface area contributed by atoms with Gasteiger partial charge in [-0.25, -0.2) is 0 Å². The van der Waals surface area contributed by atoms with Crippen LogP contribution in [0.1, 0.15) is 5.69 Å². The van der Waals surface area contributed by atoms with Crippen molar-refractivity contribution in [3.05, 3.63) is 30.0 Å². The van der Waals surface area contributed by atoms with Gasteiger partial charge in [-0.3, -0.25) is 4.99 Å². The molecule has 0 atom stereocenters. The third-order valence-corrected chi connectivity index (χ3v) is 2.98. The number of benzene rings is 1. The fourth-order valence-corrected chi connectivity index (χ4v) is 2.18. The molecule has 1 aromatic carbocycles. The molecule has 0 saturated carbocycles. The van der Waals surface area contributed by atoms with Crippen molar-refractivity contribution in [3.63, 3.8) is 0 Å². The van der Waals surface area contributed by atoms with Crippen LogP contribution in [0.5, 0.6) is 5.75 Å². The zero-order valence-corrected chi connectivity index (χ0v) is 10.2. The molecule has 0 bridgehead atoms. The van der Waals surface area contributed by atoms with E-state index in [1.54, 1.807) is 7.11 Å². The van der Waals surface area contributed by atoms with E-state index in [2.05, 4.69) is 21.7 Å². The number of ether oxygens (including phenoxy) is 1. The van der Waals surface area contributed by atoms with Gasteiger partial charge in [-0.05, 0) is 24.3 Å². The van der Waals surface area contributed by atoms with Crippen LogP contribution in [0, 0.1) is 0 Å². The molecule has 3 rings (SSSR count). The van der Waals surface area contributed by atoms with Gasteiger partial charge in [0.05, 0.1) is 19.3 Å². The smallest absolute Gasteiger partial charge is 0.142 e. The van der Waals surface area contributed by atoms with Crippen LogP contribution in [0.4, 0.5) is 0 Å². The molecule has 0 aliphatic carbocycles. The Bertz CT molecular complexity index is 589. The molecular weight excluding hydrogens is 238 g/mol. The quantitative estimate of drug-likeness (QED) is 0.661. The van der Waals surface area contributed by atoms with Crippen LogP contribution < -0.4 is 22.9 Å². The largest absolute Gasteiger partial charge is 1.00 e. The highest BCUT2D eigenvalue weighted by Gasteiger charge is 2.15. The first-order valence-electron chi connectivity index (χ1n) is 5.27. The SMILES string of the molecule is COc1ccc2c(c1)cc1n2CCN=C1N.[Cl-]. The van der Waals surface area contributed by atoms with Crippen LogP contribution in [0.25, 0.3) is 10.9 Å². The van der Waals surface area contributed by atoms with Gasteiger partial charge in [0.15, 0.2) is 0 Å². The standard InChI is InChI=1S/C12H13N3O.ClH/c1-16-9-2-3-10-8(6-9)7-11-12(13)14-4-5-15(10)11;/h2-3,6-7H,4-5H2,1H3,(H2,13,14);1H/p-1. The summed E-state index contributed by atoms with van der Waals surface area (Å²) in [5.74, 6) is 1.49. The predicted octanol–water partition coefficient (Wildman–Crippen LogP) is -1.63. The van der Waals surface area contributed by atoms with Gasteiger partial charge in [0.2, 0.25) is 0 Å². The Morgan fingerprint density at radius 2 is 2.18 bits per heavy atom. The van der Waals surface area contributed by atoms with Gasteiger partial charge in [0, 0.05) is 17.4 Å². The zero-order valence-electron chi connectivity index (χ0n) is 9.48. The van der Waals surface area contributed by atoms with Gasteiger partial charge in [0.1, 0.15) is 11.6 Å². The topological polar surface area (TPSA) is 52.5 Å². The number of nitrogens with zero attached hydrogens (tertiary/aromatic N) is 2. The van der Waals surface area contributed by atoms with E-state index >= 15 is 0 Å². The predicted molar refractivity (Wildman–Crippen MR) is 64.1 cm³/mol. The highest BCUT2D eigenvalue weighted by molar-refractivity contribution is 6.01. The van der Waals surface area contributed by atoms with Crippen molar-refractivity contribution in [1.82, 2.24) is 4.57 Å². The molecule has 1 aliphatic heterocycles. The number of amidine groups is 1. The molecule has 0 spiro atoms. The average Bonchev–Trinajstić information content (AvgIpc) is 2.68. The van der Waals surface area contributed by atoms with E-state index < -0.39 is 0 Å². The van der Waals surface area contributed by atoms with Crippen molar-refractivity contribution in [2.75, 3.05) is 13.7 Å². The minimum Gasteiger partial charge on any atom is -1.00 e. The molecule has 90 valence electrons. The second-order valence-electron chi connectivity index (χ2n) is 3.87. The summed E-state index contributed by atoms with van der Waals surface area (Å²) >= 11 is 0. The lowest BCUT2D eigenvalue weighted by atomic mass is 10.2. The van der Waals surface area contributed by atoms with Crippen molar-refractivity contribution in [2.45, 2.75) is 6.54 Å². The highest BCUT2D eigenvalue weighted by atomic mass is 35.5. The van der Waals surface area contributed by atoms with Gasteiger partial charge in [0.25, 0.3) is 0 Å². The number of rotatable bonds is 1. The molecule has 2 N–H and O–H groups in total. The van der Waals surface area contributed by atoms with E-state index in [-0.39, 0.29) is 12.4 Å². The summed E-state index contributed by atoms with van der Waals surface area (Å²) in [5, 5.41) is 1.15. The molecule has 4 nitrogen and oxygen atoms in total. The van der Waals surface area contributed by atoms with E-state index in [9.17, 15) is 0 Å². The summed E-state index contributed by atoms with van der Waals surface area (Å²) < 4.78 is 7.42. The number of nitrogens with two attached hydrogens (primary N) is 1. The summed E-state index contributed by atoms with van der Waals surface area (Å²) in [6, 6.07) is 8.12. The number of aliphatic imine (C=N–C) groups is 1. The Balaban J connectivity index is 0.00000108. The molecule has 0 saturated heterocycles. The third-order valence-electron chi connectivity index (χ3n) is 2.98. The van der Waals surface area contributed by atoms with Crippen molar-refractivity contribution in [3.8, 4) is 5.75 Å². The lowest BCUT2D eigenvalue weighted by molar-refractivity contribution is -0.00000366. The van der Waals surface area contributed by atoms with Crippen LogP contribution >= 0.6 is 0 Å². The summed E-state index contributed by atoms with van der Waals surface area (Å²) in [6.07, 6.45) is 0. The molecule has 2 heterocycles. The first-order valence-corrected chi connectivity index (χ1v) is 5.27. The third kappa shape index (κ3) is 1.74. The molecule has 1 aromatic heterocycles. The number of fused-ring (bicyclic) bond motifs is 3. The summed E-state index contributed by atoms with van der Waals surface area (Å²) in [7, 11) is 1.67. The minimum absolute atomic E-state index is 0. The van der Waals surface area contributed by atoms with E-state index in [1.165, 1.54) is 5.52 Å². The number of halogens is 1. The Morgan fingerprint density at radius 3 is 2.94 bits per heavy atom. The Labute approximate surface area is 105 Å². The molecular formula is C12H13ClN3O-. The van der Waals surface area contributed by atoms with Crippen molar-refractivity contribution >= 4 is 16.7 Å². The number of hydrogen-bond donors (Lipinski definition) is 1. The summed E-state index contributed by atoms with van der Waals surface area (Å²) in [6.45, 7) is 1.65. The highest BCUT2D eigenvalue weighted by Crippen LogP contribution is 2.25. The van der Waals surface area contributed by atoms with E-state index in [4.69, 9.17) is 10.5 Å². The zero-order chi connectivity index (χ0) is 11.1. The van der Waals surface area contributed by atoms with Crippen LogP contribution in [0.3, 0.4) is 0 Å². The van der Waals surface area contributed by atoms with E-state index in [0.29, 0.717) is 5.84 Å². The molecule has 0 fully saturated rings. The second kappa shape index (κ2) is 4.30. The molecule has 2 aromatic rings. The van der Waals surface area contributed by atoms with Crippen LogP contribution in [-0.2, 0) is 6.54 Å². The fourth-order valence-electron chi connectivity index (χ4n) is 2.18. The number of hydrogen-bond acceptors (Lipinski definition) is 3. The van der Waals surface area contributed by atoms with E-state index in [0.717, 1.165) is 29.9 Å². The maximum absolute atomic E-state index is 5.88. The number of aromatic nitrogens is 1. The van der Waals surface area contributed by atoms with Gasteiger partial charge >= 0.3 is 0 Å². The molecule has 0 amide bonds. The average molecular weight is 251 g/mol. The maximum Gasteiger partial charge on any atom is 0.142 e. The van der Waals surface area contributed by atoms with Crippen LogP contribution in [0.15, 0.2) is 29.3 Å². The molecule has 1 aliphatic rings. The lowest BCUT2D eigenvalue weighted by Crippen LogP contribution is -3.00. The second-order valence-corrected chi connectivity index (χ2v) is 3.87. The minimum atomic E-state index is 0. The molecule has 17 heavy (non-hydrogen) atoms. The van der Waals surface area contributed by atoms with Gasteiger partial charge < -0.3 is 27.4 Å². The van der Waals surface area contributed by atoms with Gasteiger partial charge in [-0.1, -0.05) is 0 Å². The van der Waals surface area contributed by atoms with Gasteiger partial charge in [-0.2, -0.15) is 0 Å². The van der Waals surface area contributed by atoms with Gasteiger partial charge in [-0.15, -0.1) is 0 Å².